The van der Waals surface area contributed by atoms with Crippen LogP contribution in [0.25, 0.3) is 0 Å². The summed E-state index contributed by atoms with van der Waals surface area (Å²) in [7, 11) is 2.80. The summed E-state index contributed by atoms with van der Waals surface area (Å²) in [6.07, 6.45) is 8.29. The molecule has 0 heterocycles. The lowest BCUT2D eigenvalue weighted by atomic mass is 10.1. The maximum Gasteiger partial charge on any atom is 0.305 e. The van der Waals surface area contributed by atoms with Gasteiger partial charge in [-0.05, 0) is 12.5 Å². The molecule has 140 valence electrons. The molecule has 0 aliphatic rings. The fourth-order valence-electron chi connectivity index (χ4n) is 2.01. The Labute approximate surface area is 153 Å². The maximum absolute atomic E-state index is 11.7. The Bertz CT molecular complexity index is 695. The minimum absolute atomic E-state index is 0.229. The molecule has 0 aliphatic heterocycles. The van der Waals surface area contributed by atoms with E-state index in [0.717, 1.165) is 0 Å². The highest BCUT2D eigenvalue weighted by Gasteiger charge is 2.15. The standard InChI is InChI=1S/C19H24N2O5/c1-4-5-6-7-10-21-15-13-17(26-11-8-9-18(22)25-3)16(24-2)12-14(15)19(20)23/h4-6,10,12-13H,1,7-9,11H2,2-3H3,(H2,20,23)/b6-5-,21-10-. The van der Waals surface area contributed by atoms with Crippen molar-refractivity contribution in [2.24, 2.45) is 10.7 Å². The Morgan fingerprint density at radius 1 is 1.27 bits per heavy atom. The van der Waals surface area contributed by atoms with Gasteiger partial charge in [-0.25, -0.2) is 0 Å². The van der Waals surface area contributed by atoms with E-state index in [0.29, 0.717) is 30.0 Å². The average molecular weight is 360 g/mol. The molecular formula is C19H24N2O5. The summed E-state index contributed by atoms with van der Waals surface area (Å²) < 4.78 is 15.5. The molecule has 1 rings (SSSR count). The highest BCUT2D eigenvalue weighted by Crippen LogP contribution is 2.35. The Kier molecular flexibility index (Phi) is 9.24. The molecular weight excluding hydrogens is 336 g/mol. The fourth-order valence-corrected chi connectivity index (χ4v) is 2.01. The van der Waals surface area contributed by atoms with Crippen molar-refractivity contribution in [3.8, 4) is 11.5 Å². The molecule has 7 nitrogen and oxygen atoms in total. The Morgan fingerprint density at radius 3 is 2.65 bits per heavy atom. The first-order valence-electron chi connectivity index (χ1n) is 8.05. The van der Waals surface area contributed by atoms with E-state index in [1.54, 1.807) is 24.4 Å². The molecule has 0 fully saturated rings. The predicted octanol–water partition coefficient (Wildman–Crippen LogP) is 2.96. The second-order valence-electron chi connectivity index (χ2n) is 5.12. The van der Waals surface area contributed by atoms with Crippen molar-refractivity contribution in [1.29, 1.82) is 0 Å². The van der Waals surface area contributed by atoms with E-state index in [2.05, 4.69) is 16.3 Å². The van der Waals surface area contributed by atoms with Crippen LogP contribution >= 0.6 is 0 Å². The third-order valence-electron chi connectivity index (χ3n) is 3.30. The van der Waals surface area contributed by atoms with E-state index in [1.807, 2.05) is 6.08 Å². The van der Waals surface area contributed by atoms with Crippen LogP contribution in [0.15, 0.2) is 41.9 Å². The van der Waals surface area contributed by atoms with Crippen molar-refractivity contribution in [3.63, 3.8) is 0 Å². The number of esters is 1. The van der Waals surface area contributed by atoms with Crippen LogP contribution in [0.3, 0.4) is 0 Å². The Morgan fingerprint density at radius 2 is 2.04 bits per heavy atom. The van der Waals surface area contributed by atoms with Crippen LogP contribution in [0.1, 0.15) is 29.6 Å². The van der Waals surface area contributed by atoms with Gasteiger partial charge in [-0.3, -0.25) is 14.6 Å². The Balaban J connectivity index is 2.96. The van der Waals surface area contributed by atoms with E-state index in [-0.39, 0.29) is 24.6 Å². The molecule has 1 aromatic rings. The van der Waals surface area contributed by atoms with Crippen LogP contribution in [0, 0.1) is 0 Å². The van der Waals surface area contributed by atoms with Crippen molar-refractivity contribution in [2.75, 3.05) is 20.8 Å². The summed E-state index contributed by atoms with van der Waals surface area (Å²) in [6, 6.07) is 3.08. The third-order valence-corrected chi connectivity index (χ3v) is 3.30. The van der Waals surface area contributed by atoms with Crippen molar-refractivity contribution < 1.29 is 23.8 Å². The minimum atomic E-state index is -0.616. The molecule has 0 aromatic heterocycles. The van der Waals surface area contributed by atoms with Gasteiger partial charge >= 0.3 is 5.97 Å². The number of ether oxygens (including phenoxy) is 3. The SMILES string of the molecule is C=C/C=C\C/C=N\c1cc(OCCCC(=O)OC)c(OC)cc1C(N)=O. The number of hydrogen-bond donors (Lipinski definition) is 1. The van der Waals surface area contributed by atoms with E-state index >= 15 is 0 Å². The van der Waals surface area contributed by atoms with Crippen LogP contribution in [0.2, 0.25) is 0 Å². The van der Waals surface area contributed by atoms with Gasteiger partial charge in [0.05, 0.1) is 32.1 Å². The highest BCUT2D eigenvalue weighted by atomic mass is 16.5. The lowest BCUT2D eigenvalue weighted by molar-refractivity contribution is -0.140. The number of allylic oxidation sites excluding steroid dienone is 3. The zero-order valence-electron chi connectivity index (χ0n) is 15.1. The minimum Gasteiger partial charge on any atom is -0.493 e. The Hall–Kier alpha value is -3.09. The summed E-state index contributed by atoms with van der Waals surface area (Å²) in [6.45, 7) is 3.87. The molecule has 0 unspecified atom stereocenters. The molecule has 26 heavy (non-hydrogen) atoms. The van der Waals surface area contributed by atoms with E-state index in [4.69, 9.17) is 15.2 Å². The van der Waals surface area contributed by atoms with Gasteiger partial charge in [0.15, 0.2) is 11.5 Å². The molecule has 1 aromatic carbocycles. The van der Waals surface area contributed by atoms with Gasteiger partial charge in [0.25, 0.3) is 5.91 Å². The third kappa shape index (κ3) is 6.80. The van der Waals surface area contributed by atoms with E-state index in [9.17, 15) is 9.59 Å². The van der Waals surface area contributed by atoms with Gasteiger partial charge in [-0.2, -0.15) is 0 Å². The van der Waals surface area contributed by atoms with Crippen molar-refractivity contribution >= 4 is 23.8 Å². The first kappa shape index (κ1) is 21.0. The monoisotopic (exact) mass is 360 g/mol. The van der Waals surface area contributed by atoms with Crippen LogP contribution in [-0.4, -0.2) is 38.9 Å². The number of nitrogens with zero attached hydrogens (tertiary/aromatic N) is 1. The largest absolute Gasteiger partial charge is 0.493 e. The molecule has 2 N–H and O–H groups in total. The molecule has 0 bridgehead atoms. The summed E-state index contributed by atoms with van der Waals surface area (Å²) in [4.78, 5) is 27.1. The molecule has 0 aliphatic carbocycles. The molecule has 0 saturated heterocycles. The fraction of sp³-hybridized carbons (Fsp3) is 0.316. The maximum atomic E-state index is 11.7. The van der Waals surface area contributed by atoms with Crippen molar-refractivity contribution in [1.82, 2.24) is 0 Å². The average Bonchev–Trinajstić information content (AvgIpc) is 2.64. The van der Waals surface area contributed by atoms with Gasteiger partial charge in [0.1, 0.15) is 0 Å². The molecule has 1 amide bonds. The van der Waals surface area contributed by atoms with Crippen LogP contribution in [0.4, 0.5) is 5.69 Å². The predicted molar refractivity (Wildman–Crippen MR) is 100 cm³/mol. The number of benzene rings is 1. The smallest absolute Gasteiger partial charge is 0.305 e. The number of carbonyl (C=O) groups is 2. The van der Waals surface area contributed by atoms with Gasteiger partial charge < -0.3 is 19.9 Å². The number of hydrogen-bond acceptors (Lipinski definition) is 6. The van der Waals surface area contributed by atoms with Gasteiger partial charge in [-0.15, -0.1) is 0 Å². The van der Waals surface area contributed by atoms with Crippen molar-refractivity contribution in [2.45, 2.75) is 19.3 Å². The normalized spacial score (nSPS) is 10.8. The zero-order chi connectivity index (χ0) is 19.4. The number of primary amides is 1. The number of amides is 1. The number of aliphatic imine (C=N–C) groups is 1. The summed E-state index contributed by atoms with van der Waals surface area (Å²) in [5, 5.41) is 0. The van der Waals surface area contributed by atoms with E-state index < -0.39 is 5.91 Å². The number of rotatable bonds is 11. The van der Waals surface area contributed by atoms with Crippen LogP contribution in [-0.2, 0) is 9.53 Å². The number of methoxy groups -OCH3 is 2. The van der Waals surface area contributed by atoms with Gasteiger partial charge in [-0.1, -0.05) is 24.8 Å². The molecule has 7 heteroatoms. The van der Waals surface area contributed by atoms with Crippen LogP contribution < -0.4 is 15.2 Å². The lowest BCUT2D eigenvalue weighted by Crippen LogP contribution is -2.12. The van der Waals surface area contributed by atoms with Gasteiger partial charge in [0.2, 0.25) is 0 Å². The quantitative estimate of drug-likeness (QED) is 0.283. The molecule has 0 radical (unpaired) electrons. The first-order chi connectivity index (χ1) is 12.5. The van der Waals surface area contributed by atoms with Crippen LogP contribution in [0.5, 0.6) is 11.5 Å². The number of nitrogens with two attached hydrogens (primary N) is 1. The highest BCUT2D eigenvalue weighted by molar-refractivity contribution is 5.99. The summed E-state index contributed by atoms with van der Waals surface area (Å²) in [5.74, 6) is -0.143. The molecule has 0 saturated carbocycles. The lowest BCUT2D eigenvalue weighted by Gasteiger charge is -2.13. The zero-order valence-corrected chi connectivity index (χ0v) is 15.1. The van der Waals surface area contributed by atoms with E-state index in [1.165, 1.54) is 20.3 Å². The topological polar surface area (TPSA) is 100 Å². The second kappa shape index (κ2) is 11.5. The number of carbonyl (C=O) groups excluding carboxylic acids is 2. The summed E-state index contributed by atoms with van der Waals surface area (Å²) >= 11 is 0. The molecule has 0 spiro atoms. The second-order valence-corrected chi connectivity index (χ2v) is 5.12. The van der Waals surface area contributed by atoms with Gasteiger partial charge in [0, 0.05) is 25.1 Å². The van der Waals surface area contributed by atoms with Crippen molar-refractivity contribution in [3.05, 3.63) is 42.5 Å². The molecule has 0 atom stereocenters. The summed E-state index contributed by atoms with van der Waals surface area (Å²) in [5.41, 5.74) is 6.03. The first-order valence-corrected chi connectivity index (χ1v) is 8.05.